The lowest BCUT2D eigenvalue weighted by Crippen LogP contribution is -2.48. The summed E-state index contributed by atoms with van der Waals surface area (Å²) in [5.41, 5.74) is 0. The Bertz CT molecular complexity index is 447. The van der Waals surface area contributed by atoms with E-state index in [-0.39, 0.29) is 10.1 Å². The molecular weight excluding hydrogens is 439 g/mol. The molecule has 3 aliphatic carbocycles. The first-order chi connectivity index (χ1) is 8.54. The second-order valence-corrected chi connectivity index (χ2v) is 9.80. The summed E-state index contributed by atoms with van der Waals surface area (Å²) in [6.45, 7) is 0. The van der Waals surface area contributed by atoms with Crippen LogP contribution in [0.3, 0.4) is 0 Å². The van der Waals surface area contributed by atoms with Gasteiger partial charge in [-0.05, 0) is 0 Å². The summed E-state index contributed by atoms with van der Waals surface area (Å²) in [6, 6.07) is 0. The molecule has 2 saturated carbocycles. The van der Waals surface area contributed by atoms with E-state index in [2.05, 4.69) is 0 Å². The monoisotopic (exact) mass is 440 g/mol. The Morgan fingerprint density at radius 3 is 1.26 bits per heavy atom. The molecule has 9 heteroatoms. The van der Waals surface area contributed by atoms with Crippen LogP contribution >= 0.6 is 104 Å². The average Bonchev–Trinajstić information content (AvgIpc) is 2.69. The van der Waals surface area contributed by atoms with Gasteiger partial charge in [-0.1, -0.05) is 46.4 Å². The minimum absolute atomic E-state index is 0.123. The van der Waals surface area contributed by atoms with Crippen LogP contribution < -0.4 is 0 Å². The van der Waals surface area contributed by atoms with Crippen LogP contribution in [-0.4, -0.2) is 30.2 Å². The quantitative estimate of drug-likeness (QED) is 0.409. The van der Waals surface area contributed by atoms with Crippen molar-refractivity contribution >= 4 is 104 Å². The van der Waals surface area contributed by atoms with Crippen molar-refractivity contribution in [2.24, 2.45) is 11.8 Å². The molecule has 2 fully saturated rings. The standard InChI is InChI=1S/C10H5Cl9/c11-3-1-2(4(12)5(3)13)9(17)7(15)6(14)8(1,16)10(9,18)19/h1-5H. The van der Waals surface area contributed by atoms with Gasteiger partial charge < -0.3 is 0 Å². The highest BCUT2D eigenvalue weighted by Crippen LogP contribution is 2.79. The number of rotatable bonds is 0. The highest BCUT2D eigenvalue weighted by atomic mass is 35.5. The second-order valence-electron chi connectivity index (χ2n) is 5.01. The minimum Gasteiger partial charge on any atom is -0.121 e. The summed E-state index contributed by atoms with van der Waals surface area (Å²) in [5, 5.41) is -1.38. The molecule has 0 aromatic carbocycles. The Morgan fingerprint density at radius 1 is 0.632 bits per heavy atom. The van der Waals surface area contributed by atoms with Crippen molar-refractivity contribution in [1.29, 1.82) is 0 Å². The van der Waals surface area contributed by atoms with E-state index in [1.807, 2.05) is 0 Å². The molecule has 3 aliphatic rings. The minimum atomic E-state index is -1.61. The normalized spacial score (nSPS) is 58.9. The fourth-order valence-electron chi connectivity index (χ4n) is 3.47. The third-order valence-corrected chi connectivity index (χ3v) is 10.5. The van der Waals surface area contributed by atoms with E-state index in [4.69, 9.17) is 104 Å². The predicted octanol–water partition coefficient (Wildman–Crippen LogP) is 5.90. The maximum absolute atomic E-state index is 6.63. The van der Waals surface area contributed by atoms with Crippen molar-refractivity contribution in [2.75, 3.05) is 0 Å². The number of fused-ring (bicyclic) bond motifs is 5. The van der Waals surface area contributed by atoms with Gasteiger partial charge in [-0.15, -0.1) is 58.0 Å². The summed E-state index contributed by atoms with van der Waals surface area (Å²) in [4.78, 5) is -2.77. The SMILES string of the molecule is ClC1=C(Cl)C2(Cl)C3C(Cl)C(Cl)C(Cl)C3C1(Cl)C2(Cl)Cl. The van der Waals surface area contributed by atoms with Gasteiger partial charge in [0.1, 0.15) is 9.75 Å². The fourth-order valence-corrected chi connectivity index (χ4v) is 8.08. The molecule has 0 aromatic heterocycles. The van der Waals surface area contributed by atoms with Crippen LogP contribution in [0, 0.1) is 11.8 Å². The molecule has 0 spiro atoms. The molecule has 0 heterocycles. The van der Waals surface area contributed by atoms with Crippen molar-refractivity contribution in [3.05, 3.63) is 10.1 Å². The van der Waals surface area contributed by atoms with E-state index >= 15 is 0 Å². The first kappa shape index (κ1) is 16.2. The number of halogens is 9. The summed E-state index contributed by atoms with van der Waals surface area (Å²) < 4.78 is -1.61. The molecule has 0 saturated heterocycles. The lowest BCUT2D eigenvalue weighted by molar-refractivity contribution is 0.388. The Labute approximate surface area is 155 Å². The van der Waals surface area contributed by atoms with Gasteiger partial charge in [0.05, 0.1) is 26.2 Å². The lowest BCUT2D eigenvalue weighted by atomic mass is 9.84. The van der Waals surface area contributed by atoms with Crippen molar-refractivity contribution in [1.82, 2.24) is 0 Å². The van der Waals surface area contributed by atoms with Gasteiger partial charge in [0.2, 0.25) is 0 Å². The third-order valence-electron chi connectivity index (χ3n) is 4.35. The zero-order chi connectivity index (χ0) is 14.5. The van der Waals surface area contributed by atoms with Crippen molar-refractivity contribution in [3.63, 3.8) is 0 Å². The van der Waals surface area contributed by atoms with E-state index in [0.717, 1.165) is 0 Å². The molecule has 0 aromatic rings. The third kappa shape index (κ3) is 1.47. The van der Waals surface area contributed by atoms with Crippen LogP contribution in [0.25, 0.3) is 0 Å². The average molecular weight is 444 g/mol. The van der Waals surface area contributed by atoms with E-state index in [9.17, 15) is 0 Å². The molecule has 6 atom stereocenters. The Morgan fingerprint density at radius 2 is 0.947 bits per heavy atom. The summed E-state index contributed by atoms with van der Waals surface area (Å²) >= 11 is 57.4. The number of allylic oxidation sites excluding steroid dienone is 2. The molecule has 6 unspecified atom stereocenters. The highest BCUT2D eigenvalue weighted by Gasteiger charge is 2.86. The molecule has 0 amide bonds. The van der Waals surface area contributed by atoms with Gasteiger partial charge >= 0.3 is 0 Å². The molecule has 3 rings (SSSR count). The zero-order valence-electron chi connectivity index (χ0n) is 8.79. The first-order valence-electron chi connectivity index (χ1n) is 5.28. The van der Waals surface area contributed by atoms with Crippen LogP contribution in [0.5, 0.6) is 0 Å². The van der Waals surface area contributed by atoms with Crippen molar-refractivity contribution < 1.29 is 0 Å². The Kier molecular flexibility index (Phi) is 3.80. The summed E-state index contributed by atoms with van der Waals surface area (Å²) in [7, 11) is 0. The number of hydrogen-bond acceptors (Lipinski definition) is 0. The van der Waals surface area contributed by atoms with Crippen LogP contribution in [0.4, 0.5) is 0 Å². The summed E-state index contributed by atoms with van der Waals surface area (Å²) in [5.74, 6) is -0.910. The topological polar surface area (TPSA) is 0 Å². The van der Waals surface area contributed by atoms with Crippen LogP contribution in [0.1, 0.15) is 0 Å². The van der Waals surface area contributed by atoms with Crippen LogP contribution in [0.2, 0.25) is 0 Å². The van der Waals surface area contributed by atoms with Gasteiger partial charge in [0.25, 0.3) is 0 Å². The van der Waals surface area contributed by atoms with Gasteiger partial charge in [0, 0.05) is 11.8 Å². The van der Waals surface area contributed by atoms with E-state index in [0.29, 0.717) is 0 Å². The van der Waals surface area contributed by atoms with E-state index < -0.39 is 42.0 Å². The molecule has 0 radical (unpaired) electrons. The fraction of sp³-hybridized carbons (Fsp3) is 0.800. The van der Waals surface area contributed by atoms with Crippen LogP contribution in [0.15, 0.2) is 10.1 Å². The molecule has 19 heavy (non-hydrogen) atoms. The second kappa shape index (κ2) is 4.46. The smallest absolute Gasteiger partial charge is 0.121 e. The predicted molar refractivity (Wildman–Crippen MR) is 86.2 cm³/mol. The number of alkyl halides is 7. The van der Waals surface area contributed by atoms with E-state index in [1.165, 1.54) is 0 Å². The molecule has 108 valence electrons. The molecule has 0 nitrogen and oxygen atoms in total. The molecule has 0 aliphatic heterocycles. The largest absolute Gasteiger partial charge is 0.166 e. The van der Waals surface area contributed by atoms with Crippen molar-refractivity contribution in [2.45, 2.75) is 30.2 Å². The highest BCUT2D eigenvalue weighted by molar-refractivity contribution is 6.66. The Hall–Kier alpha value is 2.35. The summed E-state index contributed by atoms with van der Waals surface area (Å²) in [6.07, 6.45) is 0. The molecule has 2 bridgehead atoms. The van der Waals surface area contributed by atoms with E-state index in [1.54, 1.807) is 0 Å². The molecule has 0 N–H and O–H groups in total. The number of hydrogen-bond donors (Lipinski definition) is 0. The maximum Gasteiger partial charge on any atom is 0.166 e. The van der Waals surface area contributed by atoms with Gasteiger partial charge in [-0.2, -0.15) is 0 Å². The van der Waals surface area contributed by atoms with Crippen LogP contribution in [-0.2, 0) is 0 Å². The Balaban J connectivity index is 2.29. The maximum atomic E-state index is 6.63. The van der Waals surface area contributed by atoms with Gasteiger partial charge in [-0.3, -0.25) is 0 Å². The van der Waals surface area contributed by atoms with Crippen molar-refractivity contribution in [3.8, 4) is 0 Å². The first-order valence-corrected chi connectivity index (χ1v) is 8.86. The molecular formula is C10H5Cl9. The van der Waals surface area contributed by atoms with Gasteiger partial charge in [-0.25, -0.2) is 0 Å². The lowest BCUT2D eigenvalue weighted by Gasteiger charge is -2.35. The zero-order valence-corrected chi connectivity index (χ0v) is 15.6. The van der Waals surface area contributed by atoms with Gasteiger partial charge in [0.15, 0.2) is 4.33 Å².